The van der Waals surface area contributed by atoms with Crippen LogP contribution in [0.1, 0.15) is 246 Å². The molecule has 17 atom stereocenters. The summed E-state index contributed by atoms with van der Waals surface area (Å²) in [6.45, 7) is 30.8. The fraction of sp³-hybridized carbons (Fsp3) is 0.899. The molecule has 2 aliphatic rings. The average molecular weight is 1270 g/mol. The van der Waals surface area contributed by atoms with Gasteiger partial charge in [-0.3, -0.25) is 33.6 Å². The van der Waals surface area contributed by atoms with Gasteiger partial charge in [0.1, 0.15) is 37.6 Å². The average Bonchev–Trinajstić information content (AvgIpc) is 1.19. The number of hydrogen-bond donors (Lipinski definition) is 0. The van der Waals surface area contributed by atoms with Gasteiger partial charge in [0.15, 0.2) is 43.1 Å². The van der Waals surface area contributed by atoms with Gasteiger partial charge in [-0.05, 0) is 60.2 Å². The Labute approximate surface area is 535 Å². The minimum Gasteiger partial charge on any atom is -0.463 e. The van der Waals surface area contributed by atoms with Gasteiger partial charge < -0.3 is 61.6 Å². The molecule has 0 N–H and O–H groups in total. The van der Waals surface area contributed by atoms with E-state index in [-0.39, 0.29) is 13.2 Å². The Hall–Kier alpha value is -3.95. The van der Waals surface area contributed by atoms with Crippen molar-refractivity contribution >= 4 is 41.8 Å². The molecule has 20 nitrogen and oxygen atoms in total. The van der Waals surface area contributed by atoms with Crippen molar-refractivity contribution in [2.45, 2.75) is 314 Å². The van der Waals surface area contributed by atoms with Gasteiger partial charge in [-0.25, -0.2) is 0 Å². The first-order valence-electron chi connectivity index (χ1n) is 33.9. The summed E-state index contributed by atoms with van der Waals surface area (Å²) in [5, 5.41) is 0. The molecule has 2 saturated heterocycles. The summed E-state index contributed by atoms with van der Waals surface area (Å²) in [5.41, 5.74) is 0. The van der Waals surface area contributed by atoms with Crippen LogP contribution < -0.4 is 0 Å². The first kappa shape index (κ1) is 81.1. The van der Waals surface area contributed by atoms with Gasteiger partial charge in [0.25, 0.3) is 0 Å². The maximum atomic E-state index is 13.1. The maximum absolute atomic E-state index is 13.1. The lowest BCUT2D eigenvalue weighted by molar-refractivity contribution is -0.362. The monoisotopic (exact) mass is 1270 g/mol. The van der Waals surface area contributed by atoms with Gasteiger partial charge in [0.2, 0.25) is 0 Å². The van der Waals surface area contributed by atoms with Crippen LogP contribution in [0.4, 0.5) is 0 Å². The summed E-state index contributed by atoms with van der Waals surface area (Å²) in [5.74, 6) is -0.531. The molecule has 0 bridgehead atoms. The van der Waals surface area contributed by atoms with Crippen molar-refractivity contribution in [2.24, 2.45) is 47.3 Å². The van der Waals surface area contributed by atoms with Crippen molar-refractivity contribution in [1.29, 1.82) is 0 Å². The van der Waals surface area contributed by atoms with Gasteiger partial charge in [-0.2, -0.15) is 0 Å². The van der Waals surface area contributed by atoms with Crippen LogP contribution in [0, 0.1) is 47.3 Å². The van der Waals surface area contributed by atoms with E-state index >= 15 is 0 Å². The largest absolute Gasteiger partial charge is 0.463 e. The van der Waals surface area contributed by atoms with Gasteiger partial charge in [0, 0.05) is 61.7 Å². The van der Waals surface area contributed by atoms with Crippen LogP contribution >= 0.6 is 0 Å². The molecule has 0 aromatic rings. The molecule has 7 unspecified atom stereocenters. The van der Waals surface area contributed by atoms with Crippen molar-refractivity contribution < 1.29 is 95.1 Å². The third-order valence-electron chi connectivity index (χ3n) is 16.9. The van der Waals surface area contributed by atoms with Gasteiger partial charge in [0.05, 0.1) is 13.2 Å². The fourth-order valence-corrected chi connectivity index (χ4v) is 11.8. The molecule has 2 rings (SSSR count). The van der Waals surface area contributed by atoms with Crippen LogP contribution in [0.15, 0.2) is 0 Å². The van der Waals surface area contributed by atoms with E-state index in [4.69, 9.17) is 61.6 Å². The highest BCUT2D eigenvalue weighted by molar-refractivity contribution is 5.69. The number of carbonyl (C=O) groups is 7. The molecule has 20 heteroatoms. The first-order valence-corrected chi connectivity index (χ1v) is 33.9. The van der Waals surface area contributed by atoms with Crippen LogP contribution in [0.3, 0.4) is 0 Å². The first-order chi connectivity index (χ1) is 42.0. The molecule has 518 valence electrons. The maximum Gasteiger partial charge on any atom is 0.303 e. The van der Waals surface area contributed by atoms with Gasteiger partial charge >= 0.3 is 41.8 Å². The number of rotatable bonds is 47. The Kier molecular flexibility index (Phi) is 41.4. The van der Waals surface area contributed by atoms with Crippen LogP contribution in [0.25, 0.3) is 0 Å². The third-order valence-corrected chi connectivity index (χ3v) is 16.9. The Morgan fingerprint density at radius 3 is 1.03 bits per heavy atom. The van der Waals surface area contributed by atoms with Crippen LogP contribution in [0.2, 0.25) is 0 Å². The summed E-state index contributed by atoms with van der Waals surface area (Å²) < 4.78 is 78.0. The van der Waals surface area contributed by atoms with Crippen molar-refractivity contribution in [2.75, 3.05) is 39.6 Å². The van der Waals surface area contributed by atoms with Crippen molar-refractivity contribution in [3.63, 3.8) is 0 Å². The van der Waals surface area contributed by atoms with E-state index in [9.17, 15) is 33.6 Å². The minimum absolute atomic E-state index is 0.146. The van der Waals surface area contributed by atoms with Gasteiger partial charge in [-0.1, -0.05) is 185 Å². The molecule has 0 amide bonds. The van der Waals surface area contributed by atoms with Crippen molar-refractivity contribution in [1.82, 2.24) is 0 Å². The molecule has 2 heterocycles. The molecule has 89 heavy (non-hydrogen) atoms. The number of hydrogen-bond acceptors (Lipinski definition) is 20. The predicted octanol–water partition coefficient (Wildman–Crippen LogP) is 13.0. The zero-order valence-corrected chi connectivity index (χ0v) is 58.0. The molecule has 2 aliphatic heterocycles. The zero-order valence-electron chi connectivity index (χ0n) is 58.0. The molecule has 0 radical (unpaired) electrons. The highest BCUT2D eigenvalue weighted by atomic mass is 16.8. The van der Waals surface area contributed by atoms with Crippen LogP contribution in [-0.4, -0.2) is 149 Å². The van der Waals surface area contributed by atoms with E-state index in [0.717, 1.165) is 104 Å². The van der Waals surface area contributed by atoms with Crippen LogP contribution in [0.5, 0.6) is 0 Å². The number of esters is 7. The van der Waals surface area contributed by atoms with E-state index < -0.39 is 123 Å². The normalized spacial score (nSPS) is 24.3. The Morgan fingerprint density at radius 2 is 0.652 bits per heavy atom. The van der Waals surface area contributed by atoms with E-state index in [1.165, 1.54) is 96.8 Å². The lowest BCUT2D eigenvalue weighted by Gasteiger charge is -2.48. The molecule has 0 spiro atoms. The Balaban J connectivity index is 2.39. The topological polar surface area (TPSA) is 239 Å². The second kappa shape index (κ2) is 45.4. The van der Waals surface area contributed by atoms with E-state index in [0.29, 0.717) is 36.9 Å². The fourth-order valence-electron chi connectivity index (χ4n) is 11.8. The summed E-state index contributed by atoms with van der Waals surface area (Å²) in [4.78, 5) is 88.7. The summed E-state index contributed by atoms with van der Waals surface area (Å²) in [6.07, 6.45) is 7.49. The molecule has 0 aromatic carbocycles. The lowest BCUT2D eigenvalue weighted by Crippen LogP contribution is -2.67. The lowest BCUT2D eigenvalue weighted by atomic mass is 9.91. The molecule has 2 fully saturated rings. The quantitative estimate of drug-likeness (QED) is 0.0312. The Bertz CT molecular complexity index is 2000. The van der Waals surface area contributed by atoms with E-state index in [1.54, 1.807) is 0 Å². The molecule has 0 aliphatic carbocycles. The van der Waals surface area contributed by atoms with Crippen molar-refractivity contribution in [3.8, 4) is 0 Å². The summed E-state index contributed by atoms with van der Waals surface area (Å²) >= 11 is 0. The second-order valence-electron chi connectivity index (χ2n) is 27.1. The van der Waals surface area contributed by atoms with E-state index in [2.05, 4.69) is 69.2 Å². The SMILES string of the molecule is CC(=O)OC[C@H]1O[C@@H](O[C@H]2[C@H](OC(C)=O)[C@@H](OC(C)=O)[C@H](OCC(COCCC(C)CCCC(C)CCCC(C)CCCC(C)C)OCCC(C)CCCC(C)CCCC(C)CCCC(C)C)O[C@@H]2COC(C)=O)[C@H](OC(C)=O)[C@@H](OC(C)=O)[C@@H]1OC(C)=O. The molecular weight excluding hydrogens is 1150 g/mol. The number of ether oxygens (including phenoxy) is 13. The highest BCUT2D eigenvalue weighted by Crippen LogP contribution is 2.36. The Morgan fingerprint density at radius 1 is 0.337 bits per heavy atom. The zero-order chi connectivity index (χ0) is 66.6. The highest BCUT2D eigenvalue weighted by Gasteiger charge is 2.58. The third kappa shape index (κ3) is 36.8. The van der Waals surface area contributed by atoms with Crippen molar-refractivity contribution in [3.05, 3.63) is 0 Å². The minimum atomic E-state index is -1.82. The van der Waals surface area contributed by atoms with Crippen LogP contribution in [-0.2, 0) is 95.1 Å². The second-order valence-corrected chi connectivity index (χ2v) is 27.1. The molecule has 0 aromatic heterocycles. The van der Waals surface area contributed by atoms with Gasteiger partial charge in [-0.15, -0.1) is 0 Å². The predicted molar refractivity (Wildman–Crippen MR) is 337 cm³/mol. The summed E-state index contributed by atoms with van der Waals surface area (Å²) in [7, 11) is 0. The smallest absolute Gasteiger partial charge is 0.303 e. The molecule has 0 saturated carbocycles. The van der Waals surface area contributed by atoms with E-state index in [1.807, 2.05) is 0 Å². The number of carbonyl (C=O) groups excluding carboxylic acids is 7. The molecular formula is C69H122O20. The standard InChI is InChI=1S/C69H122O20/c1-44(2)24-18-26-46(5)28-20-30-48(7)32-22-34-50(9)36-38-77-40-59(78-39-37-51(10)35-23-33-49(8)31-21-29-47(6)27-19-25-45(3)4)41-81-68-66(85-57(16)75)65(84-56(15)74)63(61(87-68)43-80-53(12)71)89-69-67(86-58(17)76)64(83-55(14)73)62(82-54(13)72)60(88-69)42-79-52(11)70/h44-51,59-69H,18-43H2,1-17H3/t46?,47?,48?,49?,50?,51?,59?,60-,61-,62-,63-,64+,65+,66-,67-,68-,69+/m1/s1. The summed E-state index contributed by atoms with van der Waals surface area (Å²) in [6, 6.07) is 0.